The van der Waals surface area contributed by atoms with Crippen LogP contribution in [0.1, 0.15) is 26.7 Å². The first-order valence-corrected chi connectivity index (χ1v) is 6.39. The summed E-state index contributed by atoms with van der Waals surface area (Å²) in [7, 11) is 0. The maximum Gasteiger partial charge on any atom is 0.174 e. The second-order valence-corrected chi connectivity index (χ2v) is 4.67. The lowest BCUT2D eigenvalue weighted by molar-refractivity contribution is 0.0765. The highest BCUT2D eigenvalue weighted by Gasteiger charge is 2.02. The number of nitrogens with one attached hydrogen (secondary N) is 1. The van der Waals surface area contributed by atoms with Crippen LogP contribution in [0.4, 0.5) is 5.69 Å². The van der Waals surface area contributed by atoms with Gasteiger partial charge < -0.3 is 10.1 Å². The molecule has 96 valence electrons. The van der Waals surface area contributed by atoms with Crippen LogP contribution in [0.25, 0.3) is 0 Å². The minimum Gasteiger partial charge on any atom is -0.382 e. The maximum atomic E-state index is 5.86. The fraction of sp³-hybridized carbons (Fsp3) is 0.636. The molecule has 0 aromatic carbocycles. The molecule has 4 nitrogen and oxygen atoms in total. The Bertz CT molecular complexity index is 347. The summed E-state index contributed by atoms with van der Waals surface area (Å²) < 4.78 is 5.44. The molecule has 1 rings (SSSR count). The van der Waals surface area contributed by atoms with Gasteiger partial charge >= 0.3 is 0 Å². The van der Waals surface area contributed by atoms with Crippen molar-refractivity contribution in [3.8, 4) is 0 Å². The van der Waals surface area contributed by atoms with E-state index in [1.165, 1.54) is 0 Å². The Morgan fingerprint density at radius 1 is 1.29 bits per heavy atom. The molecule has 0 atom stereocenters. The van der Waals surface area contributed by atoms with Gasteiger partial charge in [-0.2, -0.15) is 0 Å². The van der Waals surface area contributed by atoms with E-state index in [1.54, 1.807) is 6.07 Å². The van der Waals surface area contributed by atoms with Crippen molar-refractivity contribution in [3.63, 3.8) is 0 Å². The zero-order valence-electron chi connectivity index (χ0n) is 10.0. The molecule has 0 saturated carbocycles. The normalized spacial score (nSPS) is 10.9. The highest BCUT2D eigenvalue weighted by molar-refractivity contribution is 6.33. The lowest BCUT2D eigenvalue weighted by atomic mass is 10.3. The van der Waals surface area contributed by atoms with Crippen LogP contribution in [-0.4, -0.2) is 29.5 Å². The molecule has 1 aromatic heterocycles. The summed E-state index contributed by atoms with van der Waals surface area (Å²) in [6.07, 6.45) is 2.30. The summed E-state index contributed by atoms with van der Waals surface area (Å²) in [5, 5.41) is 11.2. The Hall–Kier alpha value is -0.580. The molecule has 0 aliphatic carbocycles. The quantitative estimate of drug-likeness (QED) is 0.776. The summed E-state index contributed by atoms with van der Waals surface area (Å²) in [6, 6.07) is 1.67. The van der Waals surface area contributed by atoms with Crippen molar-refractivity contribution in [2.45, 2.75) is 32.8 Å². The number of ether oxygens (including phenoxy) is 1. The van der Waals surface area contributed by atoms with Crippen molar-refractivity contribution in [2.24, 2.45) is 0 Å². The minimum atomic E-state index is 0.292. The maximum absolute atomic E-state index is 5.86. The first kappa shape index (κ1) is 14.5. The van der Waals surface area contributed by atoms with Gasteiger partial charge in [-0.15, -0.1) is 10.2 Å². The summed E-state index contributed by atoms with van der Waals surface area (Å²) >= 11 is 11.6. The van der Waals surface area contributed by atoms with Gasteiger partial charge in [0.15, 0.2) is 10.3 Å². The number of halogens is 2. The Kier molecular flexibility index (Phi) is 6.55. The molecular formula is C11H17Cl2N3O. The van der Waals surface area contributed by atoms with Gasteiger partial charge in [0.05, 0.1) is 11.8 Å². The Balaban J connectivity index is 2.20. The molecule has 0 bridgehead atoms. The van der Waals surface area contributed by atoms with Crippen LogP contribution in [0.2, 0.25) is 10.3 Å². The predicted molar refractivity (Wildman–Crippen MR) is 70.9 cm³/mol. The Morgan fingerprint density at radius 2 is 2.06 bits per heavy atom. The van der Waals surface area contributed by atoms with Crippen LogP contribution >= 0.6 is 23.2 Å². The van der Waals surface area contributed by atoms with Crippen molar-refractivity contribution < 1.29 is 4.74 Å². The molecule has 1 heterocycles. The van der Waals surface area contributed by atoms with E-state index in [1.807, 2.05) is 13.8 Å². The van der Waals surface area contributed by atoms with Gasteiger partial charge in [0.1, 0.15) is 0 Å². The molecule has 1 N–H and O–H groups in total. The average Bonchev–Trinajstić information content (AvgIpc) is 2.27. The fourth-order valence-electron chi connectivity index (χ4n) is 1.25. The number of nitrogens with zero attached hydrogens (tertiary/aromatic N) is 2. The molecule has 17 heavy (non-hydrogen) atoms. The van der Waals surface area contributed by atoms with E-state index in [9.17, 15) is 0 Å². The Morgan fingerprint density at radius 3 is 2.76 bits per heavy atom. The fourth-order valence-corrected chi connectivity index (χ4v) is 1.55. The van der Waals surface area contributed by atoms with Crippen molar-refractivity contribution in [1.82, 2.24) is 10.2 Å². The average molecular weight is 278 g/mol. The van der Waals surface area contributed by atoms with E-state index in [-0.39, 0.29) is 0 Å². The van der Waals surface area contributed by atoms with E-state index in [2.05, 4.69) is 15.5 Å². The Labute approximate surface area is 112 Å². The van der Waals surface area contributed by atoms with Crippen LogP contribution in [-0.2, 0) is 4.74 Å². The first-order chi connectivity index (χ1) is 8.09. The second-order valence-electron chi connectivity index (χ2n) is 3.92. The van der Waals surface area contributed by atoms with Gasteiger partial charge in [-0.3, -0.25) is 0 Å². The third kappa shape index (κ3) is 6.05. The molecule has 6 heteroatoms. The van der Waals surface area contributed by atoms with Gasteiger partial charge in [-0.25, -0.2) is 0 Å². The highest BCUT2D eigenvalue weighted by atomic mass is 35.5. The first-order valence-electron chi connectivity index (χ1n) is 5.64. The van der Waals surface area contributed by atoms with Crippen molar-refractivity contribution in [2.75, 3.05) is 18.5 Å². The molecule has 0 spiro atoms. The van der Waals surface area contributed by atoms with Crippen molar-refractivity contribution >= 4 is 28.9 Å². The number of unbranched alkanes of at least 4 members (excludes halogenated alkanes) is 1. The van der Waals surface area contributed by atoms with Gasteiger partial charge in [0.2, 0.25) is 0 Å². The molecule has 0 aliphatic heterocycles. The second kappa shape index (κ2) is 7.69. The van der Waals surface area contributed by atoms with E-state index < -0.39 is 0 Å². The molecule has 0 amide bonds. The van der Waals surface area contributed by atoms with Crippen LogP contribution < -0.4 is 5.32 Å². The summed E-state index contributed by atoms with van der Waals surface area (Å²) in [5.41, 5.74) is 0.719. The van der Waals surface area contributed by atoms with E-state index in [4.69, 9.17) is 27.9 Å². The van der Waals surface area contributed by atoms with Gasteiger partial charge in [-0.1, -0.05) is 23.2 Å². The summed E-state index contributed by atoms with van der Waals surface area (Å²) in [5.74, 6) is 0. The topological polar surface area (TPSA) is 47.0 Å². The molecule has 1 aromatic rings. The monoisotopic (exact) mass is 277 g/mol. The van der Waals surface area contributed by atoms with Crippen molar-refractivity contribution in [3.05, 3.63) is 16.4 Å². The highest BCUT2D eigenvalue weighted by Crippen LogP contribution is 2.20. The third-order valence-electron chi connectivity index (χ3n) is 2.06. The molecule has 0 radical (unpaired) electrons. The SMILES string of the molecule is CC(C)OCCCCNc1cc(Cl)nnc1Cl. The van der Waals surface area contributed by atoms with Crippen LogP contribution in [0.3, 0.4) is 0 Å². The number of hydrogen-bond donors (Lipinski definition) is 1. The lowest BCUT2D eigenvalue weighted by Gasteiger charge is -2.09. The van der Waals surface area contributed by atoms with Crippen LogP contribution in [0.15, 0.2) is 6.07 Å². The standard InChI is InChI=1S/C11H17Cl2N3O/c1-8(2)17-6-4-3-5-14-9-7-10(12)15-16-11(9)13/h7-8H,3-6H2,1-2H3,(H,14,15). The third-order valence-corrected chi connectivity index (χ3v) is 2.52. The number of hydrogen-bond acceptors (Lipinski definition) is 4. The molecule has 0 aliphatic rings. The summed E-state index contributed by atoms with van der Waals surface area (Å²) in [6.45, 7) is 5.65. The molecular weight excluding hydrogens is 261 g/mol. The predicted octanol–water partition coefficient (Wildman–Crippen LogP) is 3.40. The lowest BCUT2D eigenvalue weighted by Crippen LogP contribution is -2.07. The van der Waals surface area contributed by atoms with E-state index in [0.717, 1.165) is 31.7 Å². The van der Waals surface area contributed by atoms with Gasteiger partial charge in [0.25, 0.3) is 0 Å². The molecule has 0 saturated heterocycles. The number of rotatable bonds is 7. The van der Waals surface area contributed by atoms with E-state index in [0.29, 0.717) is 16.4 Å². The van der Waals surface area contributed by atoms with Crippen molar-refractivity contribution in [1.29, 1.82) is 0 Å². The minimum absolute atomic E-state index is 0.292. The van der Waals surface area contributed by atoms with Gasteiger partial charge in [0, 0.05) is 19.2 Å². The number of aromatic nitrogens is 2. The molecule has 0 unspecified atom stereocenters. The zero-order valence-corrected chi connectivity index (χ0v) is 11.6. The zero-order chi connectivity index (χ0) is 12.7. The molecule has 0 fully saturated rings. The summed E-state index contributed by atoms with van der Waals surface area (Å²) in [4.78, 5) is 0. The number of anilines is 1. The van der Waals surface area contributed by atoms with Gasteiger partial charge in [-0.05, 0) is 26.7 Å². The van der Waals surface area contributed by atoms with Crippen LogP contribution in [0.5, 0.6) is 0 Å². The largest absolute Gasteiger partial charge is 0.382 e. The van der Waals surface area contributed by atoms with E-state index >= 15 is 0 Å². The smallest absolute Gasteiger partial charge is 0.174 e. The van der Waals surface area contributed by atoms with Crippen LogP contribution in [0, 0.1) is 0 Å².